The van der Waals surface area contributed by atoms with Crippen LogP contribution in [0.15, 0.2) is 48.5 Å². The first-order valence-electron chi connectivity index (χ1n) is 11.3. The minimum Gasteiger partial charge on any atom is -0.488 e. The van der Waals surface area contributed by atoms with Crippen molar-refractivity contribution in [2.24, 2.45) is 5.41 Å². The van der Waals surface area contributed by atoms with E-state index in [2.05, 4.69) is 41.5 Å². The molecule has 2 aromatic carbocycles. The van der Waals surface area contributed by atoms with Crippen molar-refractivity contribution in [3.05, 3.63) is 59.7 Å². The monoisotopic (exact) mass is 426 g/mol. The Morgan fingerprint density at radius 3 is 2.16 bits per heavy atom. The summed E-state index contributed by atoms with van der Waals surface area (Å²) in [6.45, 7) is 12.4. The summed E-state index contributed by atoms with van der Waals surface area (Å²) in [6, 6.07) is 15.5. The summed E-state index contributed by atoms with van der Waals surface area (Å²) < 4.78 is 17.8. The highest BCUT2D eigenvalue weighted by atomic mass is 16.7. The van der Waals surface area contributed by atoms with Crippen molar-refractivity contribution in [1.29, 1.82) is 0 Å². The molecule has 0 aromatic heterocycles. The molecule has 2 aromatic rings. The van der Waals surface area contributed by atoms with Crippen molar-refractivity contribution >= 4 is 5.78 Å². The zero-order chi connectivity index (χ0) is 23.1. The number of carbonyl (C=O) groups is 1. The van der Waals surface area contributed by atoms with Gasteiger partial charge in [0, 0.05) is 30.6 Å². The first-order chi connectivity index (χ1) is 14.7. The second-order valence-electron chi connectivity index (χ2n) is 8.99. The van der Waals surface area contributed by atoms with Gasteiger partial charge in [0.1, 0.15) is 22.9 Å². The van der Waals surface area contributed by atoms with E-state index in [-0.39, 0.29) is 16.8 Å². The zero-order valence-corrected chi connectivity index (χ0v) is 20.2. The van der Waals surface area contributed by atoms with Gasteiger partial charge < -0.3 is 14.2 Å². The molecule has 0 bridgehead atoms. The van der Waals surface area contributed by atoms with Gasteiger partial charge in [-0.3, -0.25) is 4.79 Å². The van der Waals surface area contributed by atoms with Crippen molar-refractivity contribution in [3.63, 3.8) is 0 Å². The average Bonchev–Trinajstić information content (AvgIpc) is 2.77. The molecule has 4 nitrogen and oxygen atoms in total. The standard InChI is InChI=1S/C27H38O4/c1-8-26(4,5)31-23-16-12-15-22(19-23)30-25(29-7)21-14-11-13-20(17-21)18-24(28)27(6,9-2)10-3/h11-17,19,25H,8-10,18H2,1-7H3. The Morgan fingerprint density at radius 2 is 1.55 bits per heavy atom. The largest absolute Gasteiger partial charge is 0.488 e. The molecule has 0 spiro atoms. The highest BCUT2D eigenvalue weighted by molar-refractivity contribution is 5.86. The Morgan fingerprint density at radius 1 is 0.903 bits per heavy atom. The van der Waals surface area contributed by atoms with Crippen LogP contribution in [0.25, 0.3) is 0 Å². The Bertz CT molecular complexity index is 852. The molecule has 4 heteroatoms. The van der Waals surface area contributed by atoms with Crippen molar-refractivity contribution in [3.8, 4) is 11.5 Å². The maximum absolute atomic E-state index is 12.8. The quantitative estimate of drug-likeness (QED) is 0.346. The lowest BCUT2D eigenvalue weighted by atomic mass is 9.78. The van der Waals surface area contributed by atoms with Gasteiger partial charge in [-0.2, -0.15) is 0 Å². The lowest BCUT2D eigenvalue weighted by molar-refractivity contribution is -0.127. The van der Waals surface area contributed by atoms with E-state index >= 15 is 0 Å². The van der Waals surface area contributed by atoms with Gasteiger partial charge in [0.2, 0.25) is 6.29 Å². The van der Waals surface area contributed by atoms with E-state index in [9.17, 15) is 4.79 Å². The van der Waals surface area contributed by atoms with Crippen molar-refractivity contribution < 1.29 is 19.0 Å². The normalized spacial score (nSPS) is 13.0. The van der Waals surface area contributed by atoms with E-state index < -0.39 is 6.29 Å². The fourth-order valence-electron chi connectivity index (χ4n) is 3.27. The Balaban J connectivity index is 2.17. The van der Waals surface area contributed by atoms with Crippen LogP contribution in [0.3, 0.4) is 0 Å². The smallest absolute Gasteiger partial charge is 0.226 e. The molecule has 0 heterocycles. The summed E-state index contributed by atoms with van der Waals surface area (Å²) in [4.78, 5) is 12.8. The van der Waals surface area contributed by atoms with Gasteiger partial charge in [-0.1, -0.05) is 52.0 Å². The van der Waals surface area contributed by atoms with Gasteiger partial charge in [-0.25, -0.2) is 0 Å². The predicted octanol–water partition coefficient (Wildman–Crippen LogP) is 6.92. The SMILES string of the molecule is CCC(C)(C)Oc1cccc(OC(OC)c2cccc(CC(=O)C(C)(CC)CC)c2)c1. The minimum absolute atomic E-state index is 0.244. The van der Waals surface area contributed by atoms with Gasteiger partial charge in [0.15, 0.2) is 0 Å². The third-order valence-electron chi connectivity index (χ3n) is 6.33. The summed E-state index contributed by atoms with van der Waals surface area (Å²) in [5.74, 6) is 1.70. The van der Waals surface area contributed by atoms with Crippen LogP contribution >= 0.6 is 0 Å². The molecule has 0 aliphatic rings. The van der Waals surface area contributed by atoms with E-state index in [1.165, 1.54) is 0 Å². The topological polar surface area (TPSA) is 44.8 Å². The number of ether oxygens (including phenoxy) is 3. The van der Waals surface area contributed by atoms with Gasteiger partial charge >= 0.3 is 0 Å². The van der Waals surface area contributed by atoms with Crippen LogP contribution in [-0.4, -0.2) is 18.5 Å². The highest BCUT2D eigenvalue weighted by Crippen LogP contribution is 2.30. The molecule has 1 atom stereocenters. The number of carbonyl (C=O) groups excluding carboxylic acids is 1. The van der Waals surface area contributed by atoms with Crippen LogP contribution in [0.5, 0.6) is 11.5 Å². The molecule has 0 aliphatic heterocycles. The summed E-state index contributed by atoms with van der Waals surface area (Å²) in [5, 5.41) is 0. The van der Waals surface area contributed by atoms with Crippen molar-refractivity contribution in [2.75, 3.05) is 7.11 Å². The molecule has 0 amide bonds. The van der Waals surface area contributed by atoms with E-state index in [0.29, 0.717) is 12.2 Å². The van der Waals surface area contributed by atoms with Crippen LogP contribution in [0, 0.1) is 5.41 Å². The van der Waals surface area contributed by atoms with E-state index in [1.807, 2.05) is 48.5 Å². The maximum atomic E-state index is 12.8. The number of rotatable bonds is 12. The lowest BCUT2D eigenvalue weighted by Gasteiger charge is -2.26. The van der Waals surface area contributed by atoms with Crippen LogP contribution in [0.2, 0.25) is 0 Å². The number of Topliss-reactive ketones (excluding diaryl/α,β-unsaturated/α-hetero) is 1. The van der Waals surface area contributed by atoms with Gasteiger partial charge in [0.05, 0.1) is 0 Å². The zero-order valence-electron chi connectivity index (χ0n) is 20.2. The highest BCUT2D eigenvalue weighted by Gasteiger charge is 2.28. The molecular weight excluding hydrogens is 388 g/mol. The van der Waals surface area contributed by atoms with Crippen LogP contribution in [0.1, 0.15) is 78.2 Å². The van der Waals surface area contributed by atoms with Gasteiger partial charge in [-0.15, -0.1) is 0 Å². The molecule has 31 heavy (non-hydrogen) atoms. The summed E-state index contributed by atoms with van der Waals surface area (Å²) >= 11 is 0. The van der Waals surface area contributed by atoms with E-state index in [4.69, 9.17) is 14.2 Å². The number of ketones is 1. The lowest BCUT2D eigenvalue weighted by Crippen LogP contribution is -2.28. The fraction of sp³-hybridized carbons (Fsp3) is 0.519. The number of hydrogen-bond acceptors (Lipinski definition) is 4. The molecule has 2 rings (SSSR count). The predicted molar refractivity (Wildman–Crippen MR) is 126 cm³/mol. The van der Waals surface area contributed by atoms with Crippen LogP contribution < -0.4 is 9.47 Å². The Labute approximate surface area is 187 Å². The fourth-order valence-corrected chi connectivity index (χ4v) is 3.27. The van der Waals surface area contributed by atoms with Crippen LogP contribution in [0.4, 0.5) is 0 Å². The second-order valence-corrected chi connectivity index (χ2v) is 8.99. The molecule has 0 saturated carbocycles. The molecular formula is C27H38O4. The third-order valence-corrected chi connectivity index (χ3v) is 6.33. The van der Waals surface area contributed by atoms with Crippen molar-refractivity contribution in [2.45, 2.75) is 79.1 Å². The molecule has 0 fully saturated rings. The molecule has 170 valence electrons. The number of hydrogen-bond donors (Lipinski definition) is 0. The summed E-state index contributed by atoms with van der Waals surface area (Å²) in [6.07, 6.45) is 2.43. The molecule has 1 unspecified atom stereocenters. The third kappa shape index (κ3) is 6.83. The molecule has 0 aliphatic carbocycles. The second kappa shape index (κ2) is 10.8. The van der Waals surface area contributed by atoms with Crippen LogP contribution in [-0.2, 0) is 16.0 Å². The molecule has 0 saturated heterocycles. The Hall–Kier alpha value is -2.33. The summed E-state index contributed by atoms with van der Waals surface area (Å²) in [5.41, 5.74) is 1.33. The van der Waals surface area contributed by atoms with E-state index in [0.717, 1.165) is 36.1 Å². The first kappa shape index (κ1) is 24.9. The molecule has 0 N–H and O–H groups in total. The van der Waals surface area contributed by atoms with E-state index in [1.54, 1.807) is 7.11 Å². The van der Waals surface area contributed by atoms with Crippen molar-refractivity contribution in [1.82, 2.24) is 0 Å². The minimum atomic E-state index is -0.576. The first-order valence-corrected chi connectivity index (χ1v) is 11.3. The average molecular weight is 427 g/mol. The van der Waals surface area contributed by atoms with Gasteiger partial charge in [0.25, 0.3) is 0 Å². The molecule has 0 radical (unpaired) electrons. The maximum Gasteiger partial charge on any atom is 0.226 e. The number of benzene rings is 2. The number of methoxy groups -OCH3 is 1. The Kier molecular flexibility index (Phi) is 8.69. The summed E-state index contributed by atoms with van der Waals surface area (Å²) in [7, 11) is 1.62. The van der Waals surface area contributed by atoms with Gasteiger partial charge in [-0.05, 0) is 56.9 Å².